The van der Waals surface area contributed by atoms with E-state index >= 15 is 0 Å². The molecule has 1 heterocycles. The van der Waals surface area contributed by atoms with Crippen LogP contribution in [0.2, 0.25) is 18.1 Å². The quantitative estimate of drug-likeness (QED) is 0.680. The second kappa shape index (κ2) is 7.75. The lowest BCUT2D eigenvalue weighted by atomic mass is 9.91. The number of carbonyl (C=O) groups excluding carboxylic acids is 1. The van der Waals surface area contributed by atoms with Crippen LogP contribution in [-0.4, -0.2) is 20.8 Å². The summed E-state index contributed by atoms with van der Waals surface area (Å²) in [6.07, 6.45) is 0. The Bertz CT molecular complexity index is 931. The van der Waals surface area contributed by atoms with E-state index in [4.69, 9.17) is 4.43 Å². The molecule has 0 bridgehead atoms. The van der Waals surface area contributed by atoms with E-state index in [2.05, 4.69) is 50.6 Å². The van der Waals surface area contributed by atoms with Crippen LogP contribution >= 0.6 is 0 Å². The summed E-state index contributed by atoms with van der Waals surface area (Å²) in [5, 5.41) is 16.3. The Hall–Kier alpha value is -2.46. The molecule has 1 aliphatic rings. The highest BCUT2D eigenvalue weighted by Crippen LogP contribution is 2.39. The first-order valence-corrected chi connectivity index (χ1v) is 12.8. The van der Waals surface area contributed by atoms with Gasteiger partial charge in [-0.25, -0.2) is 0 Å². The van der Waals surface area contributed by atoms with Crippen LogP contribution in [0.4, 0.5) is 5.69 Å². The van der Waals surface area contributed by atoms with Crippen molar-refractivity contribution in [3.8, 4) is 6.07 Å². The molecule has 1 aliphatic heterocycles. The number of hydrogen-bond donors (Lipinski definition) is 2. The first-order valence-electron chi connectivity index (χ1n) is 9.89. The second-order valence-corrected chi connectivity index (χ2v) is 13.8. The maximum atomic E-state index is 12.9. The van der Waals surface area contributed by atoms with Crippen molar-refractivity contribution in [1.29, 1.82) is 5.26 Å². The molecule has 0 aliphatic carbocycles. The van der Waals surface area contributed by atoms with Gasteiger partial charge in [0.25, 0.3) is 5.91 Å². The normalized spacial score (nSPS) is 19.9. The second-order valence-electron chi connectivity index (χ2n) is 9.04. The fourth-order valence-corrected chi connectivity index (χ4v) is 4.24. The maximum absolute atomic E-state index is 12.9. The molecule has 2 aromatic rings. The van der Waals surface area contributed by atoms with Crippen molar-refractivity contribution in [3.05, 3.63) is 65.7 Å². The lowest BCUT2D eigenvalue weighted by Crippen LogP contribution is -2.51. The van der Waals surface area contributed by atoms with Crippen LogP contribution in [-0.2, 0) is 14.8 Å². The number of nitrogens with one attached hydrogen (secondary N) is 2. The first kappa shape index (κ1) is 21.3. The zero-order valence-corrected chi connectivity index (χ0v) is 18.7. The van der Waals surface area contributed by atoms with Crippen LogP contribution in [0.5, 0.6) is 0 Å². The van der Waals surface area contributed by atoms with E-state index in [1.807, 2.05) is 54.6 Å². The fraction of sp³-hybridized carbons (Fsp3) is 0.391. The largest absolute Gasteiger partial charge is 0.415 e. The van der Waals surface area contributed by atoms with Crippen molar-refractivity contribution in [2.24, 2.45) is 0 Å². The van der Waals surface area contributed by atoms with E-state index in [9.17, 15) is 10.1 Å². The summed E-state index contributed by atoms with van der Waals surface area (Å²) in [4.78, 5) is 12.9. The SMILES string of the molecule is CC(C)(C)[Si](C)(C)OC[C@H](N[C@]1(C#N)C(=O)Nc2ccccc21)c1ccccc1. The molecule has 3 rings (SSSR count). The zero-order valence-electron chi connectivity index (χ0n) is 17.7. The van der Waals surface area contributed by atoms with Gasteiger partial charge in [-0.1, -0.05) is 69.3 Å². The van der Waals surface area contributed by atoms with Gasteiger partial charge in [0, 0.05) is 11.3 Å². The number of nitriles is 1. The van der Waals surface area contributed by atoms with E-state index in [0.717, 1.165) is 5.56 Å². The highest BCUT2D eigenvalue weighted by atomic mass is 28.4. The zero-order chi connectivity index (χ0) is 21.3. The summed E-state index contributed by atoms with van der Waals surface area (Å²) in [5.41, 5.74) is 0.857. The van der Waals surface area contributed by atoms with E-state index < -0.39 is 13.9 Å². The number of fused-ring (bicyclic) bond motifs is 1. The van der Waals surface area contributed by atoms with Gasteiger partial charge in [0.05, 0.1) is 12.6 Å². The van der Waals surface area contributed by atoms with E-state index in [-0.39, 0.29) is 17.0 Å². The molecular formula is C23H29N3O2Si. The van der Waals surface area contributed by atoms with Crippen LogP contribution in [0.1, 0.15) is 37.9 Å². The molecule has 0 saturated carbocycles. The summed E-state index contributed by atoms with van der Waals surface area (Å²) >= 11 is 0. The van der Waals surface area contributed by atoms with Crippen molar-refractivity contribution < 1.29 is 9.22 Å². The van der Waals surface area contributed by atoms with Gasteiger partial charge in [-0.05, 0) is 29.8 Å². The summed E-state index contributed by atoms with van der Waals surface area (Å²) in [6, 6.07) is 19.1. The Labute approximate surface area is 174 Å². The van der Waals surface area contributed by atoms with Crippen molar-refractivity contribution in [2.75, 3.05) is 11.9 Å². The molecule has 29 heavy (non-hydrogen) atoms. The number of amides is 1. The Kier molecular flexibility index (Phi) is 5.68. The molecule has 0 unspecified atom stereocenters. The Morgan fingerprint density at radius 2 is 1.76 bits per heavy atom. The van der Waals surface area contributed by atoms with Gasteiger partial charge in [-0.15, -0.1) is 0 Å². The molecular weight excluding hydrogens is 378 g/mol. The number of rotatable bonds is 6. The predicted octanol–water partition coefficient (Wildman–Crippen LogP) is 4.71. The maximum Gasteiger partial charge on any atom is 0.264 e. The highest BCUT2D eigenvalue weighted by Gasteiger charge is 2.49. The standard InChI is InChI=1S/C23H29N3O2Si/c1-22(2,3)29(4,5)28-15-20(17-11-7-6-8-12-17)26-23(16-24)18-13-9-10-14-19(18)25-21(23)27/h6-14,20,26H,15H2,1-5H3,(H,25,27)/t20-,23-/m0/s1. The van der Waals surface area contributed by atoms with Gasteiger partial charge in [0.2, 0.25) is 5.54 Å². The first-order chi connectivity index (χ1) is 13.6. The minimum Gasteiger partial charge on any atom is -0.415 e. The molecule has 0 fully saturated rings. The van der Waals surface area contributed by atoms with Crippen LogP contribution in [0.25, 0.3) is 0 Å². The Balaban J connectivity index is 1.96. The minimum absolute atomic E-state index is 0.0679. The van der Waals surface area contributed by atoms with E-state index in [1.54, 1.807) is 0 Å². The molecule has 0 saturated heterocycles. The lowest BCUT2D eigenvalue weighted by molar-refractivity contribution is -0.120. The Morgan fingerprint density at radius 1 is 1.14 bits per heavy atom. The van der Waals surface area contributed by atoms with Gasteiger partial charge in [-0.3, -0.25) is 10.1 Å². The van der Waals surface area contributed by atoms with Gasteiger partial charge >= 0.3 is 0 Å². The molecule has 5 nitrogen and oxygen atoms in total. The van der Waals surface area contributed by atoms with Crippen molar-refractivity contribution >= 4 is 19.9 Å². The van der Waals surface area contributed by atoms with Crippen LogP contribution in [0.15, 0.2) is 54.6 Å². The number of anilines is 1. The highest BCUT2D eigenvalue weighted by molar-refractivity contribution is 6.74. The number of hydrogen-bond acceptors (Lipinski definition) is 4. The van der Waals surface area contributed by atoms with E-state index in [1.165, 1.54) is 0 Å². The molecule has 0 aromatic heterocycles. The predicted molar refractivity (Wildman–Crippen MR) is 118 cm³/mol. The van der Waals surface area contributed by atoms with Gasteiger partial charge in [0.15, 0.2) is 8.32 Å². The third-order valence-electron chi connectivity index (χ3n) is 6.10. The Morgan fingerprint density at radius 3 is 2.38 bits per heavy atom. The van der Waals surface area contributed by atoms with Gasteiger partial charge in [-0.2, -0.15) is 5.26 Å². The average molecular weight is 408 g/mol. The van der Waals surface area contributed by atoms with Crippen molar-refractivity contribution in [1.82, 2.24) is 5.32 Å². The molecule has 0 spiro atoms. The van der Waals surface area contributed by atoms with Crippen molar-refractivity contribution in [3.63, 3.8) is 0 Å². The summed E-state index contributed by atoms with van der Waals surface area (Å²) in [6.45, 7) is 11.4. The minimum atomic E-state index is -2.00. The summed E-state index contributed by atoms with van der Waals surface area (Å²) in [5.74, 6) is -0.352. The van der Waals surface area contributed by atoms with Crippen LogP contribution in [0, 0.1) is 11.3 Å². The smallest absolute Gasteiger partial charge is 0.264 e. The van der Waals surface area contributed by atoms with Gasteiger partial charge in [0.1, 0.15) is 6.07 Å². The molecule has 2 atom stereocenters. The van der Waals surface area contributed by atoms with Gasteiger partial charge < -0.3 is 9.74 Å². The van der Waals surface area contributed by atoms with Crippen LogP contribution < -0.4 is 10.6 Å². The summed E-state index contributed by atoms with van der Waals surface area (Å²) < 4.78 is 6.47. The molecule has 1 amide bonds. The number of nitrogens with zero attached hydrogens (tertiary/aromatic N) is 1. The monoisotopic (exact) mass is 407 g/mol. The van der Waals surface area contributed by atoms with Crippen LogP contribution in [0.3, 0.4) is 0 Å². The third kappa shape index (κ3) is 3.99. The average Bonchev–Trinajstić information content (AvgIpc) is 2.96. The summed E-state index contributed by atoms with van der Waals surface area (Å²) in [7, 11) is -2.00. The molecule has 2 aromatic carbocycles. The van der Waals surface area contributed by atoms with Crippen molar-refractivity contribution in [2.45, 2.75) is 50.5 Å². The molecule has 2 N–H and O–H groups in total. The topological polar surface area (TPSA) is 74.1 Å². The fourth-order valence-electron chi connectivity index (χ4n) is 3.22. The number of benzene rings is 2. The molecule has 0 radical (unpaired) electrons. The molecule has 152 valence electrons. The van der Waals surface area contributed by atoms with E-state index in [0.29, 0.717) is 17.9 Å². The third-order valence-corrected chi connectivity index (χ3v) is 10.6. The molecule has 6 heteroatoms. The number of carbonyl (C=O) groups is 1. The number of para-hydroxylation sites is 1. The lowest BCUT2D eigenvalue weighted by Gasteiger charge is -2.38.